The van der Waals surface area contributed by atoms with Crippen LogP contribution in [0.5, 0.6) is 0 Å². The first-order chi connectivity index (χ1) is 12.7. The van der Waals surface area contributed by atoms with Crippen LogP contribution >= 0.6 is 0 Å². The lowest BCUT2D eigenvalue weighted by Crippen LogP contribution is -2.41. The van der Waals surface area contributed by atoms with E-state index in [9.17, 15) is 10.1 Å². The molecule has 2 heterocycles. The van der Waals surface area contributed by atoms with Crippen molar-refractivity contribution in [3.05, 3.63) is 59.2 Å². The van der Waals surface area contributed by atoms with Crippen LogP contribution in [0.2, 0.25) is 0 Å². The molecule has 128 valence electrons. The van der Waals surface area contributed by atoms with Crippen LogP contribution in [-0.2, 0) is 17.9 Å². The molecule has 0 spiro atoms. The highest BCUT2D eigenvalue weighted by molar-refractivity contribution is 5.83. The highest BCUT2D eigenvalue weighted by atomic mass is 16.2. The second-order valence-corrected chi connectivity index (χ2v) is 6.82. The van der Waals surface area contributed by atoms with Gasteiger partial charge in [0, 0.05) is 19.6 Å². The average Bonchev–Trinajstić information content (AvgIpc) is 3.33. The zero-order valence-electron chi connectivity index (χ0n) is 14.4. The molecule has 0 unspecified atom stereocenters. The molecule has 0 radical (unpaired) electrons. The van der Waals surface area contributed by atoms with Crippen LogP contribution in [-0.4, -0.2) is 28.3 Å². The normalized spacial score (nSPS) is 18.3. The predicted octanol–water partition coefficient (Wildman–Crippen LogP) is 3.01. The van der Waals surface area contributed by atoms with Crippen LogP contribution in [0.4, 0.5) is 0 Å². The minimum Gasteiger partial charge on any atom is -0.332 e. The Kier molecular flexibility index (Phi) is 4.07. The minimum atomic E-state index is -0.305. The molecule has 1 saturated heterocycles. The maximum absolute atomic E-state index is 12.8. The first-order valence-corrected chi connectivity index (χ1v) is 8.77. The number of hydrogen-bond donors (Lipinski definition) is 0. The van der Waals surface area contributed by atoms with Crippen molar-refractivity contribution in [2.24, 2.45) is 0 Å². The molecule has 0 N–H and O–H groups in total. The molecule has 1 amide bonds. The first-order valence-electron chi connectivity index (χ1n) is 8.77. The fourth-order valence-corrected chi connectivity index (χ4v) is 3.85. The summed E-state index contributed by atoms with van der Waals surface area (Å²) in [5.41, 5.74) is 4.98. The third kappa shape index (κ3) is 2.78. The molecule has 0 aromatic heterocycles. The van der Waals surface area contributed by atoms with Gasteiger partial charge in [-0.15, -0.1) is 0 Å². The summed E-state index contributed by atoms with van der Waals surface area (Å²) in [6.45, 7) is 1.85. The summed E-state index contributed by atoms with van der Waals surface area (Å²) in [6.07, 6.45) is 3.79. The Balaban J connectivity index is 1.56. The molecule has 0 bridgehead atoms. The van der Waals surface area contributed by atoms with E-state index < -0.39 is 0 Å². The Labute approximate surface area is 152 Å². The lowest BCUT2D eigenvalue weighted by Gasteiger charge is -2.23. The van der Waals surface area contributed by atoms with Crippen LogP contribution in [0.3, 0.4) is 0 Å². The number of rotatable bonds is 2. The molecule has 2 aliphatic heterocycles. The minimum absolute atomic E-state index is 0.0493. The van der Waals surface area contributed by atoms with Crippen LogP contribution in [0, 0.1) is 22.8 Å². The van der Waals surface area contributed by atoms with Crippen molar-refractivity contribution in [2.75, 3.05) is 6.54 Å². The maximum Gasteiger partial charge on any atom is 0.246 e. The molecule has 2 aromatic carbocycles. The molecule has 2 aromatic rings. The Morgan fingerprint density at radius 2 is 1.85 bits per heavy atom. The highest BCUT2D eigenvalue weighted by Crippen LogP contribution is 2.30. The maximum atomic E-state index is 12.8. The van der Waals surface area contributed by atoms with Gasteiger partial charge in [-0.05, 0) is 53.3 Å². The van der Waals surface area contributed by atoms with Crippen molar-refractivity contribution >= 4 is 5.91 Å². The molecule has 4 rings (SSSR count). The van der Waals surface area contributed by atoms with Crippen LogP contribution in [0.15, 0.2) is 42.5 Å². The second-order valence-electron chi connectivity index (χ2n) is 6.82. The van der Waals surface area contributed by atoms with Gasteiger partial charge in [-0.3, -0.25) is 9.69 Å². The van der Waals surface area contributed by atoms with E-state index in [-0.39, 0.29) is 11.9 Å². The van der Waals surface area contributed by atoms with Gasteiger partial charge in [0.05, 0.1) is 11.6 Å². The fourth-order valence-electron chi connectivity index (χ4n) is 3.85. The van der Waals surface area contributed by atoms with E-state index >= 15 is 0 Å². The lowest BCUT2D eigenvalue weighted by molar-refractivity contribution is -0.135. The Bertz CT molecular complexity index is 953. The van der Waals surface area contributed by atoms with Crippen LogP contribution in [0.1, 0.15) is 29.5 Å². The van der Waals surface area contributed by atoms with E-state index in [4.69, 9.17) is 5.26 Å². The Morgan fingerprint density at radius 3 is 2.65 bits per heavy atom. The first kappa shape index (κ1) is 16.2. The standard InChI is InChI=1S/C21H18N4O/c22-11-15-3-1-4-16(9-15)17-6-7-18-12-25(13-19(18)10-17)21(26)20-5-2-8-24(20)14-23/h1,3-4,6-7,9-10,20H,2,5,8,12-13H2/t20-/m0/s1. The van der Waals surface area contributed by atoms with Crippen LogP contribution in [0.25, 0.3) is 11.1 Å². The van der Waals surface area contributed by atoms with Gasteiger partial charge in [0.15, 0.2) is 6.19 Å². The number of fused-ring (bicyclic) bond motifs is 1. The quantitative estimate of drug-likeness (QED) is 0.787. The topological polar surface area (TPSA) is 71.1 Å². The third-order valence-electron chi connectivity index (χ3n) is 5.23. The van der Waals surface area contributed by atoms with Gasteiger partial charge < -0.3 is 4.90 Å². The largest absolute Gasteiger partial charge is 0.332 e. The number of nitrogens with zero attached hydrogens (tertiary/aromatic N) is 4. The number of likely N-dealkylation sites (tertiary alicyclic amines) is 1. The smallest absolute Gasteiger partial charge is 0.246 e. The molecule has 5 heteroatoms. The summed E-state index contributed by atoms with van der Waals surface area (Å²) in [5, 5.41) is 18.3. The molecule has 1 fully saturated rings. The summed E-state index contributed by atoms with van der Waals surface area (Å²) < 4.78 is 0. The van der Waals surface area contributed by atoms with Crippen molar-refractivity contribution in [2.45, 2.75) is 32.0 Å². The Morgan fingerprint density at radius 1 is 1.04 bits per heavy atom. The summed E-state index contributed by atoms with van der Waals surface area (Å²) >= 11 is 0. The number of hydrogen-bond acceptors (Lipinski definition) is 4. The molecule has 26 heavy (non-hydrogen) atoms. The number of carbonyl (C=O) groups excluding carboxylic acids is 1. The van der Waals surface area contributed by atoms with Crippen molar-refractivity contribution in [1.29, 1.82) is 10.5 Å². The summed E-state index contributed by atoms with van der Waals surface area (Å²) in [5.74, 6) is 0.0493. The molecule has 0 aliphatic carbocycles. The molecule has 0 saturated carbocycles. The summed E-state index contributed by atoms with van der Waals surface area (Å²) in [6, 6.07) is 15.6. The number of benzene rings is 2. The highest BCUT2D eigenvalue weighted by Gasteiger charge is 2.35. The van der Waals surface area contributed by atoms with E-state index in [2.05, 4.69) is 24.4 Å². The number of amides is 1. The number of nitriles is 2. The fraction of sp³-hybridized carbons (Fsp3) is 0.286. The van der Waals surface area contributed by atoms with Gasteiger partial charge in [-0.1, -0.05) is 24.3 Å². The van der Waals surface area contributed by atoms with Crippen molar-refractivity contribution < 1.29 is 4.79 Å². The molecular formula is C21H18N4O. The van der Waals surface area contributed by atoms with Gasteiger partial charge in [0.2, 0.25) is 5.91 Å². The Hall–Kier alpha value is -3.31. The molecule has 2 aliphatic rings. The zero-order valence-corrected chi connectivity index (χ0v) is 14.4. The monoisotopic (exact) mass is 342 g/mol. The SMILES string of the molecule is N#Cc1cccc(-c2ccc3c(c2)CN(C(=O)[C@@H]2CCCN2C#N)C3)c1. The van der Waals surface area contributed by atoms with Gasteiger partial charge in [-0.25, -0.2) is 0 Å². The predicted molar refractivity (Wildman–Crippen MR) is 96.2 cm³/mol. The summed E-state index contributed by atoms with van der Waals surface area (Å²) in [4.78, 5) is 16.3. The van der Waals surface area contributed by atoms with Crippen molar-refractivity contribution in [3.63, 3.8) is 0 Å². The summed E-state index contributed by atoms with van der Waals surface area (Å²) in [7, 11) is 0. The average molecular weight is 342 g/mol. The van der Waals surface area contributed by atoms with Gasteiger partial charge in [0.1, 0.15) is 6.04 Å². The van der Waals surface area contributed by atoms with E-state index in [1.807, 2.05) is 29.2 Å². The van der Waals surface area contributed by atoms with Gasteiger partial charge in [-0.2, -0.15) is 10.5 Å². The lowest BCUT2D eigenvalue weighted by atomic mass is 9.99. The molecular weight excluding hydrogens is 324 g/mol. The third-order valence-corrected chi connectivity index (χ3v) is 5.23. The van der Waals surface area contributed by atoms with Crippen molar-refractivity contribution in [3.8, 4) is 23.4 Å². The van der Waals surface area contributed by atoms with Crippen LogP contribution < -0.4 is 0 Å². The van der Waals surface area contributed by atoms with Crippen molar-refractivity contribution in [1.82, 2.24) is 9.80 Å². The zero-order chi connectivity index (χ0) is 18.1. The molecule has 1 atom stereocenters. The molecule has 5 nitrogen and oxygen atoms in total. The van der Waals surface area contributed by atoms with Gasteiger partial charge >= 0.3 is 0 Å². The second kappa shape index (κ2) is 6.54. The number of carbonyl (C=O) groups is 1. The van der Waals surface area contributed by atoms with E-state index in [0.29, 0.717) is 25.2 Å². The van der Waals surface area contributed by atoms with Gasteiger partial charge in [0.25, 0.3) is 0 Å². The van der Waals surface area contributed by atoms with E-state index in [0.717, 1.165) is 35.1 Å². The van der Waals surface area contributed by atoms with E-state index in [1.54, 1.807) is 11.0 Å². The van der Waals surface area contributed by atoms with E-state index in [1.165, 1.54) is 0 Å².